The minimum atomic E-state index is 1.11. The summed E-state index contributed by atoms with van der Waals surface area (Å²) >= 11 is 0. The maximum absolute atomic E-state index is 3.39. The molecule has 0 atom stereocenters. The number of nitrogens with zero attached hydrogens (tertiary/aromatic N) is 1. The second kappa shape index (κ2) is 7.42. The number of hydrogen-bond donors (Lipinski definition) is 1. The molecule has 2 nitrogen and oxygen atoms in total. The van der Waals surface area contributed by atoms with Gasteiger partial charge in [-0.2, -0.15) is 0 Å². The number of anilines is 1. The molecule has 1 N–H and O–H groups in total. The number of piperazine rings is 1. The van der Waals surface area contributed by atoms with E-state index in [2.05, 4.69) is 41.4 Å². The Morgan fingerprint density at radius 3 is 2.39 bits per heavy atom. The fraction of sp³-hybridized carbons (Fsp3) is 0.625. The third-order valence-electron chi connectivity index (χ3n) is 3.74. The van der Waals surface area contributed by atoms with Crippen molar-refractivity contribution in [1.29, 1.82) is 0 Å². The SMILES string of the molecule is CCCCCCc1ccc(N2CCNCC2)cc1. The smallest absolute Gasteiger partial charge is 0.0367 e. The first-order chi connectivity index (χ1) is 8.90. The van der Waals surface area contributed by atoms with Crippen molar-refractivity contribution in [3.63, 3.8) is 0 Å². The van der Waals surface area contributed by atoms with Crippen molar-refractivity contribution in [1.82, 2.24) is 5.32 Å². The highest BCUT2D eigenvalue weighted by atomic mass is 15.2. The van der Waals surface area contributed by atoms with E-state index in [4.69, 9.17) is 0 Å². The van der Waals surface area contributed by atoms with Crippen LogP contribution in [-0.4, -0.2) is 26.2 Å². The van der Waals surface area contributed by atoms with Crippen LogP contribution in [0.1, 0.15) is 38.2 Å². The minimum Gasteiger partial charge on any atom is -0.369 e. The van der Waals surface area contributed by atoms with Crippen molar-refractivity contribution in [2.75, 3.05) is 31.1 Å². The molecule has 1 aromatic carbocycles. The molecule has 1 aliphatic rings. The maximum atomic E-state index is 3.39. The molecule has 0 bridgehead atoms. The highest BCUT2D eigenvalue weighted by molar-refractivity contribution is 5.48. The van der Waals surface area contributed by atoms with Crippen LogP contribution in [-0.2, 0) is 6.42 Å². The molecular weight excluding hydrogens is 220 g/mol. The second-order valence-corrected chi connectivity index (χ2v) is 5.21. The van der Waals surface area contributed by atoms with Gasteiger partial charge >= 0.3 is 0 Å². The molecule has 100 valence electrons. The van der Waals surface area contributed by atoms with E-state index in [9.17, 15) is 0 Å². The summed E-state index contributed by atoms with van der Waals surface area (Å²) in [5, 5.41) is 3.39. The van der Waals surface area contributed by atoms with Crippen LogP contribution in [0.25, 0.3) is 0 Å². The van der Waals surface area contributed by atoms with Gasteiger partial charge in [0, 0.05) is 31.9 Å². The maximum Gasteiger partial charge on any atom is 0.0367 e. The molecule has 0 aliphatic carbocycles. The third-order valence-corrected chi connectivity index (χ3v) is 3.74. The zero-order valence-corrected chi connectivity index (χ0v) is 11.6. The zero-order chi connectivity index (χ0) is 12.6. The summed E-state index contributed by atoms with van der Waals surface area (Å²) in [6.45, 7) is 6.76. The summed E-state index contributed by atoms with van der Waals surface area (Å²) in [5.41, 5.74) is 2.87. The van der Waals surface area contributed by atoms with Gasteiger partial charge in [-0.1, -0.05) is 38.3 Å². The van der Waals surface area contributed by atoms with E-state index in [1.54, 1.807) is 0 Å². The Morgan fingerprint density at radius 2 is 1.72 bits per heavy atom. The van der Waals surface area contributed by atoms with Crippen LogP contribution in [0.2, 0.25) is 0 Å². The van der Waals surface area contributed by atoms with Crippen molar-refractivity contribution in [2.45, 2.75) is 39.0 Å². The van der Waals surface area contributed by atoms with Crippen LogP contribution >= 0.6 is 0 Å². The highest BCUT2D eigenvalue weighted by Crippen LogP contribution is 2.17. The summed E-state index contributed by atoms with van der Waals surface area (Å²) < 4.78 is 0. The Hall–Kier alpha value is -1.02. The second-order valence-electron chi connectivity index (χ2n) is 5.21. The van der Waals surface area contributed by atoms with E-state index in [0.29, 0.717) is 0 Å². The van der Waals surface area contributed by atoms with Crippen molar-refractivity contribution in [2.24, 2.45) is 0 Å². The Morgan fingerprint density at radius 1 is 1.00 bits per heavy atom. The monoisotopic (exact) mass is 246 g/mol. The van der Waals surface area contributed by atoms with E-state index in [1.807, 2.05) is 0 Å². The highest BCUT2D eigenvalue weighted by Gasteiger charge is 2.09. The average Bonchev–Trinajstić information content (AvgIpc) is 2.45. The van der Waals surface area contributed by atoms with Crippen LogP contribution in [0.15, 0.2) is 24.3 Å². The molecular formula is C16H26N2. The van der Waals surface area contributed by atoms with Crippen LogP contribution in [0.4, 0.5) is 5.69 Å². The lowest BCUT2D eigenvalue weighted by molar-refractivity contribution is 0.589. The van der Waals surface area contributed by atoms with Gasteiger partial charge in [0.2, 0.25) is 0 Å². The summed E-state index contributed by atoms with van der Waals surface area (Å²) in [5.74, 6) is 0. The van der Waals surface area contributed by atoms with E-state index in [0.717, 1.165) is 26.2 Å². The van der Waals surface area contributed by atoms with Crippen LogP contribution < -0.4 is 10.2 Å². The van der Waals surface area contributed by atoms with Crippen molar-refractivity contribution in [3.05, 3.63) is 29.8 Å². The molecule has 1 aromatic rings. The molecule has 2 rings (SSSR count). The van der Waals surface area contributed by atoms with Gasteiger partial charge in [0.25, 0.3) is 0 Å². The number of aryl methyl sites for hydroxylation is 1. The summed E-state index contributed by atoms with van der Waals surface area (Å²) in [6, 6.07) is 9.20. The van der Waals surface area contributed by atoms with E-state index >= 15 is 0 Å². The molecule has 18 heavy (non-hydrogen) atoms. The van der Waals surface area contributed by atoms with Crippen LogP contribution in [0, 0.1) is 0 Å². The minimum absolute atomic E-state index is 1.11. The van der Waals surface area contributed by atoms with E-state index < -0.39 is 0 Å². The lowest BCUT2D eigenvalue weighted by Crippen LogP contribution is -2.43. The Kier molecular flexibility index (Phi) is 5.53. The van der Waals surface area contributed by atoms with E-state index in [1.165, 1.54) is 43.4 Å². The van der Waals surface area contributed by atoms with Crippen LogP contribution in [0.5, 0.6) is 0 Å². The molecule has 1 heterocycles. The van der Waals surface area contributed by atoms with Gasteiger partial charge in [0.05, 0.1) is 0 Å². The first kappa shape index (κ1) is 13.4. The Labute approximate surface area is 111 Å². The predicted molar refractivity (Wildman–Crippen MR) is 79.4 cm³/mol. The molecule has 0 spiro atoms. The number of unbranched alkanes of at least 4 members (excludes halogenated alkanes) is 3. The zero-order valence-electron chi connectivity index (χ0n) is 11.6. The molecule has 0 radical (unpaired) electrons. The Balaban J connectivity index is 1.81. The van der Waals surface area contributed by atoms with Crippen molar-refractivity contribution in [3.8, 4) is 0 Å². The predicted octanol–water partition coefficient (Wildman–Crippen LogP) is 3.22. The molecule has 0 unspecified atom stereocenters. The first-order valence-corrected chi connectivity index (χ1v) is 7.45. The molecule has 0 aromatic heterocycles. The normalized spacial score (nSPS) is 15.9. The molecule has 1 fully saturated rings. The van der Waals surface area contributed by atoms with Crippen molar-refractivity contribution < 1.29 is 0 Å². The topological polar surface area (TPSA) is 15.3 Å². The molecule has 0 amide bonds. The van der Waals surface area contributed by atoms with Gasteiger partial charge < -0.3 is 10.2 Å². The number of rotatable bonds is 6. The molecule has 1 saturated heterocycles. The molecule has 0 saturated carbocycles. The molecule has 1 aliphatic heterocycles. The average molecular weight is 246 g/mol. The van der Waals surface area contributed by atoms with Crippen molar-refractivity contribution >= 4 is 5.69 Å². The van der Waals surface area contributed by atoms with Gasteiger partial charge in [-0.3, -0.25) is 0 Å². The van der Waals surface area contributed by atoms with Gasteiger partial charge in [-0.25, -0.2) is 0 Å². The van der Waals surface area contributed by atoms with Gasteiger partial charge in [0.1, 0.15) is 0 Å². The van der Waals surface area contributed by atoms with Gasteiger partial charge in [-0.05, 0) is 30.5 Å². The lowest BCUT2D eigenvalue weighted by Gasteiger charge is -2.29. The summed E-state index contributed by atoms with van der Waals surface area (Å²) in [7, 11) is 0. The number of hydrogen-bond acceptors (Lipinski definition) is 2. The standard InChI is InChI=1S/C16H26N2/c1-2-3-4-5-6-15-7-9-16(10-8-15)18-13-11-17-12-14-18/h7-10,17H,2-6,11-14H2,1H3. The fourth-order valence-corrected chi connectivity index (χ4v) is 2.55. The van der Waals surface area contributed by atoms with Gasteiger partial charge in [0.15, 0.2) is 0 Å². The summed E-state index contributed by atoms with van der Waals surface area (Å²) in [4.78, 5) is 2.47. The van der Waals surface area contributed by atoms with Gasteiger partial charge in [-0.15, -0.1) is 0 Å². The quantitative estimate of drug-likeness (QED) is 0.775. The van der Waals surface area contributed by atoms with Crippen LogP contribution in [0.3, 0.4) is 0 Å². The Bertz CT molecular complexity index is 325. The summed E-state index contributed by atoms with van der Waals surface area (Å²) in [6.07, 6.45) is 6.64. The largest absolute Gasteiger partial charge is 0.369 e. The number of nitrogens with one attached hydrogen (secondary N) is 1. The fourth-order valence-electron chi connectivity index (χ4n) is 2.55. The number of benzene rings is 1. The van der Waals surface area contributed by atoms with E-state index in [-0.39, 0.29) is 0 Å². The molecule has 2 heteroatoms. The first-order valence-electron chi connectivity index (χ1n) is 7.45. The third kappa shape index (κ3) is 4.02. The lowest BCUT2D eigenvalue weighted by atomic mass is 10.1.